The Morgan fingerprint density at radius 3 is 2.39 bits per heavy atom. The molecule has 0 unspecified atom stereocenters. The first-order chi connectivity index (χ1) is 8.63. The number of anilines is 1. The van der Waals surface area contributed by atoms with Crippen molar-refractivity contribution in [3.05, 3.63) is 29.8 Å². The zero-order valence-electron chi connectivity index (χ0n) is 11.6. The number of hydrogen-bond acceptors (Lipinski definition) is 2. The lowest BCUT2D eigenvalue weighted by atomic mass is 10.2. The third-order valence-electron chi connectivity index (χ3n) is 2.67. The Balaban J connectivity index is 2.43. The van der Waals surface area contributed by atoms with Gasteiger partial charge in [-0.2, -0.15) is 0 Å². The summed E-state index contributed by atoms with van der Waals surface area (Å²) in [6, 6.07) is 8.01. The number of rotatable bonds is 7. The van der Waals surface area contributed by atoms with Gasteiger partial charge in [0, 0.05) is 23.8 Å². The van der Waals surface area contributed by atoms with E-state index in [0.29, 0.717) is 6.04 Å². The SMILES string of the molecule is CCCCCNC(=O)c1ccc(NC(C)C)cc1. The van der Waals surface area contributed by atoms with Crippen LogP contribution in [0.25, 0.3) is 0 Å². The van der Waals surface area contributed by atoms with Crippen LogP contribution in [0.2, 0.25) is 0 Å². The Bertz CT molecular complexity index is 357. The first kappa shape index (κ1) is 14.6. The molecular weight excluding hydrogens is 224 g/mol. The highest BCUT2D eigenvalue weighted by Gasteiger charge is 2.04. The number of amides is 1. The van der Waals surface area contributed by atoms with Gasteiger partial charge >= 0.3 is 0 Å². The highest BCUT2D eigenvalue weighted by molar-refractivity contribution is 5.94. The molecule has 0 aliphatic carbocycles. The zero-order chi connectivity index (χ0) is 13.4. The van der Waals surface area contributed by atoms with E-state index in [9.17, 15) is 4.79 Å². The minimum absolute atomic E-state index is 0.0159. The minimum atomic E-state index is 0.0159. The van der Waals surface area contributed by atoms with E-state index in [-0.39, 0.29) is 5.91 Å². The van der Waals surface area contributed by atoms with E-state index in [0.717, 1.165) is 30.6 Å². The quantitative estimate of drug-likeness (QED) is 0.726. The number of benzene rings is 1. The van der Waals surface area contributed by atoms with Crippen LogP contribution in [-0.2, 0) is 0 Å². The fourth-order valence-corrected chi connectivity index (χ4v) is 1.73. The first-order valence-electron chi connectivity index (χ1n) is 6.78. The standard InChI is InChI=1S/C15H24N2O/c1-4-5-6-11-16-15(18)13-7-9-14(10-8-13)17-12(2)3/h7-10,12,17H,4-6,11H2,1-3H3,(H,16,18). The highest BCUT2D eigenvalue weighted by Crippen LogP contribution is 2.10. The second-order valence-electron chi connectivity index (χ2n) is 4.84. The summed E-state index contributed by atoms with van der Waals surface area (Å²) >= 11 is 0. The number of carbonyl (C=O) groups excluding carboxylic acids is 1. The Hall–Kier alpha value is -1.51. The molecule has 0 bridgehead atoms. The smallest absolute Gasteiger partial charge is 0.251 e. The molecule has 0 atom stereocenters. The van der Waals surface area contributed by atoms with Gasteiger partial charge in [-0.05, 0) is 44.5 Å². The summed E-state index contributed by atoms with van der Waals surface area (Å²) in [6.07, 6.45) is 3.39. The fraction of sp³-hybridized carbons (Fsp3) is 0.533. The molecule has 0 saturated carbocycles. The molecular formula is C15H24N2O. The molecule has 1 aromatic carbocycles. The van der Waals surface area contributed by atoms with Gasteiger partial charge in [-0.15, -0.1) is 0 Å². The highest BCUT2D eigenvalue weighted by atomic mass is 16.1. The third kappa shape index (κ3) is 5.21. The molecule has 1 aromatic rings. The van der Waals surface area contributed by atoms with Crippen molar-refractivity contribution in [1.29, 1.82) is 0 Å². The number of nitrogens with one attached hydrogen (secondary N) is 2. The monoisotopic (exact) mass is 248 g/mol. The summed E-state index contributed by atoms with van der Waals surface area (Å²) in [5.74, 6) is 0.0159. The molecule has 2 N–H and O–H groups in total. The average molecular weight is 248 g/mol. The van der Waals surface area contributed by atoms with Gasteiger partial charge in [0.1, 0.15) is 0 Å². The van der Waals surface area contributed by atoms with Gasteiger partial charge in [0.15, 0.2) is 0 Å². The van der Waals surface area contributed by atoms with Crippen LogP contribution in [0, 0.1) is 0 Å². The van der Waals surface area contributed by atoms with Gasteiger partial charge < -0.3 is 10.6 Å². The lowest BCUT2D eigenvalue weighted by molar-refractivity contribution is 0.0953. The van der Waals surface area contributed by atoms with Crippen LogP contribution in [0.3, 0.4) is 0 Å². The number of hydrogen-bond donors (Lipinski definition) is 2. The minimum Gasteiger partial charge on any atom is -0.383 e. The van der Waals surface area contributed by atoms with Crippen LogP contribution in [0.15, 0.2) is 24.3 Å². The molecule has 0 saturated heterocycles. The van der Waals surface area contributed by atoms with Crippen molar-refractivity contribution in [3.63, 3.8) is 0 Å². The van der Waals surface area contributed by atoms with Gasteiger partial charge in [-0.1, -0.05) is 19.8 Å². The Labute approximate surface area is 110 Å². The van der Waals surface area contributed by atoms with E-state index in [1.165, 1.54) is 6.42 Å². The van der Waals surface area contributed by atoms with Crippen LogP contribution in [0.1, 0.15) is 50.4 Å². The molecule has 1 rings (SSSR count). The number of carbonyl (C=O) groups is 1. The molecule has 100 valence electrons. The molecule has 1 amide bonds. The van der Waals surface area contributed by atoms with E-state index in [1.807, 2.05) is 24.3 Å². The van der Waals surface area contributed by atoms with Gasteiger partial charge in [0.2, 0.25) is 0 Å². The first-order valence-corrected chi connectivity index (χ1v) is 6.78. The summed E-state index contributed by atoms with van der Waals surface area (Å²) in [4.78, 5) is 11.8. The molecule has 18 heavy (non-hydrogen) atoms. The van der Waals surface area contributed by atoms with Crippen LogP contribution in [0.4, 0.5) is 5.69 Å². The Kier molecular flexibility index (Phi) is 6.26. The maximum atomic E-state index is 11.8. The number of unbranched alkanes of at least 4 members (excludes halogenated alkanes) is 2. The molecule has 3 nitrogen and oxygen atoms in total. The van der Waals surface area contributed by atoms with Crippen LogP contribution in [0.5, 0.6) is 0 Å². The summed E-state index contributed by atoms with van der Waals surface area (Å²) in [6.45, 7) is 7.10. The summed E-state index contributed by atoms with van der Waals surface area (Å²) < 4.78 is 0. The van der Waals surface area contributed by atoms with E-state index in [1.54, 1.807) is 0 Å². The zero-order valence-corrected chi connectivity index (χ0v) is 11.6. The second-order valence-corrected chi connectivity index (χ2v) is 4.84. The molecule has 0 aliphatic heterocycles. The maximum Gasteiger partial charge on any atom is 0.251 e. The molecule has 3 heteroatoms. The van der Waals surface area contributed by atoms with E-state index in [4.69, 9.17) is 0 Å². The summed E-state index contributed by atoms with van der Waals surface area (Å²) in [5.41, 5.74) is 1.77. The van der Waals surface area contributed by atoms with Gasteiger partial charge in [-0.3, -0.25) is 4.79 Å². The molecule has 0 radical (unpaired) electrons. The molecule has 0 heterocycles. The van der Waals surface area contributed by atoms with E-state index >= 15 is 0 Å². The van der Waals surface area contributed by atoms with Crippen molar-refractivity contribution in [2.24, 2.45) is 0 Å². The lowest BCUT2D eigenvalue weighted by Gasteiger charge is -2.10. The van der Waals surface area contributed by atoms with Gasteiger partial charge in [-0.25, -0.2) is 0 Å². The Morgan fingerprint density at radius 1 is 1.17 bits per heavy atom. The molecule has 0 aliphatic rings. The van der Waals surface area contributed by atoms with Crippen molar-refractivity contribution < 1.29 is 4.79 Å². The van der Waals surface area contributed by atoms with E-state index < -0.39 is 0 Å². The van der Waals surface area contributed by atoms with Crippen molar-refractivity contribution >= 4 is 11.6 Å². The fourth-order valence-electron chi connectivity index (χ4n) is 1.73. The van der Waals surface area contributed by atoms with Crippen molar-refractivity contribution in [2.75, 3.05) is 11.9 Å². The largest absolute Gasteiger partial charge is 0.383 e. The van der Waals surface area contributed by atoms with Crippen molar-refractivity contribution in [2.45, 2.75) is 46.1 Å². The summed E-state index contributed by atoms with van der Waals surface area (Å²) in [5, 5.41) is 6.23. The molecule has 0 aromatic heterocycles. The molecule has 0 fully saturated rings. The second kappa shape index (κ2) is 7.75. The van der Waals surface area contributed by atoms with Crippen LogP contribution >= 0.6 is 0 Å². The van der Waals surface area contributed by atoms with Gasteiger partial charge in [0.25, 0.3) is 5.91 Å². The van der Waals surface area contributed by atoms with Gasteiger partial charge in [0.05, 0.1) is 0 Å². The molecule has 0 spiro atoms. The van der Waals surface area contributed by atoms with Crippen LogP contribution < -0.4 is 10.6 Å². The average Bonchev–Trinajstić information content (AvgIpc) is 2.34. The van der Waals surface area contributed by atoms with Crippen molar-refractivity contribution in [3.8, 4) is 0 Å². The van der Waals surface area contributed by atoms with Crippen molar-refractivity contribution in [1.82, 2.24) is 5.32 Å². The van der Waals surface area contributed by atoms with Crippen LogP contribution in [-0.4, -0.2) is 18.5 Å². The topological polar surface area (TPSA) is 41.1 Å². The maximum absolute atomic E-state index is 11.8. The predicted molar refractivity (Wildman–Crippen MR) is 77.1 cm³/mol. The predicted octanol–water partition coefficient (Wildman–Crippen LogP) is 3.43. The Morgan fingerprint density at radius 2 is 1.83 bits per heavy atom. The van der Waals surface area contributed by atoms with E-state index in [2.05, 4.69) is 31.4 Å². The lowest BCUT2D eigenvalue weighted by Crippen LogP contribution is -2.24. The third-order valence-corrected chi connectivity index (χ3v) is 2.67. The summed E-state index contributed by atoms with van der Waals surface area (Å²) in [7, 11) is 0. The normalized spacial score (nSPS) is 10.4.